The maximum absolute atomic E-state index is 10.7. The van der Waals surface area contributed by atoms with Crippen molar-refractivity contribution in [3.63, 3.8) is 0 Å². The van der Waals surface area contributed by atoms with Crippen molar-refractivity contribution in [2.24, 2.45) is 5.11 Å². The first-order valence-electron chi connectivity index (χ1n) is 10.8. The van der Waals surface area contributed by atoms with Gasteiger partial charge in [0.05, 0.1) is 6.04 Å². The summed E-state index contributed by atoms with van der Waals surface area (Å²) in [5.41, 5.74) is 9.07. The Morgan fingerprint density at radius 3 is 2.03 bits per heavy atom. The molecule has 0 fully saturated rings. The number of hydrogen-bond acceptors (Lipinski definition) is 3. The van der Waals surface area contributed by atoms with E-state index >= 15 is 0 Å². The Labute approximate surface area is 186 Å². The smallest absolute Gasteiger partial charge is 0.303 e. The summed E-state index contributed by atoms with van der Waals surface area (Å²) >= 11 is 0. The number of carboxylic acid groups (broad SMARTS) is 1. The second-order valence-corrected chi connectivity index (χ2v) is 13.1. The van der Waals surface area contributed by atoms with Crippen LogP contribution >= 0.6 is 0 Å². The first kappa shape index (κ1) is 24.7. The molecule has 1 atom stereocenters. The Morgan fingerprint density at radius 2 is 1.58 bits per heavy atom. The van der Waals surface area contributed by atoms with Crippen LogP contribution in [0, 0.1) is 0 Å². The van der Waals surface area contributed by atoms with Gasteiger partial charge in [-0.1, -0.05) is 99.4 Å². The molecule has 0 aliphatic carbocycles. The van der Waals surface area contributed by atoms with E-state index in [9.17, 15) is 4.79 Å². The molecule has 2 aromatic rings. The van der Waals surface area contributed by atoms with E-state index in [1.807, 2.05) is 36.4 Å². The monoisotopic (exact) mass is 439 g/mol. The van der Waals surface area contributed by atoms with Crippen molar-refractivity contribution in [3.8, 4) is 0 Å². The third-order valence-corrected chi connectivity index (χ3v) is 10.6. The van der Waals surface area contributed by atoms with Gasteiger partial charge in [0, 0.05) is 17.9 Å². The molecule has 2 rings (SSSR count). The largest absolute Gasteiger partial charge is 0.481 e. The van der Waals surface area contributed by atoms with E-state index in [0.29, 0.717) is 19.4 Å². The van der Waals surface area contributed by atoms with Crippen LogP contribution in [0.4, 0.5) is 0 Å². The summed E-state index contributed by atoms with van der Waals surface area (Å²) in [5, 5.41) is 15.0. The van der Waals surface area contributed by atoms with E-state index in [1.165, 1.54) is 10.4 Å². The van der Waals surface area contributed by atoms with E-state index in [2.05, 4.69) is 55.1 Å². The maximum Gasteiger partial charge on any atom is 0.303 e. The van der Waals surface area contributed by atoms with Gasteiger partial charge in [-0.25, -0.2) is 0 Å². The highest BCUT2D eigenvalue weighted by Gasteiger charge is 2.50. The van der Waals surface area contributed by atoms with Gasteiger partial charge in [-0.15, -0.1) is 0 Å². The molecule has 6 nitrogen and oxygen atoms in total. The molecular weight excluding hydrogens is 406 g/mol. The van der Waals surface area contributed by atoms with Gasteiger partial charge >= 0.3 is 5.97 Å². The molecule has 31 heavy (non-hydrogen) atoms. The zero-order valence-electron chi connectivity index (χ0n) is 18.7. The van der Waals surface area contributed by atoms with Crippen molar-refractivity contribution in [2.75, 3.05) is 6.61 Å². The number of unbranched alkanes of at least 4 members (excludes halogenated alkanes) is 2. The van der Waals surface area contributed by atoms with Crippen molar-refractivity contribution >= 4 is 24.7 Å². The standard InChI is InChI=1S/C24H33N3O3Si/c1-24(2,3)31(21-14-8-5-9-15-21,22-16-10-6-11-17-22)30-19-20(26-27-25)13-7-4-12-18-23(28)29/h5-6,8-11,14-17,20H,4,7,12-13,18-19H2,1-3H3,(H,28,29)/t20-/m0/s1. The second-order valence-electron chi connectivity index (χ2n) is 8.83. The third kappa shape index (κ3) is 6.69. The van der Waals surface area contributed by atoms with Gasteiger partial charge in [0.25, 0.3) is 8.32 Å². The first-order valence-corrected chi connectivity index (χ1v) is 12.7. The zero-order chi connectivity index (χ0) is 22.7. The van der Waals surface area contributed by atoms with Crippen LogP contribution in [0.3, 0.4) is 0 Å². The minimum absolute atomic E-state index is 0.141. The van der Waals surface area contributed by atoms with Crippen molar-refractivity contribution in [3.05, 3.63) is 71.1 Å². The van der Waals surface area contributed by atoms with Crippen LogP contribution in [-0.2, 0) is 9.22 Å². The molecule has 0 bridgehead atoms. The van der Waals surface area contributed by atoms with Crippen LogP contribution in [0.15, 0.2) is 65.8 Å². The minimum atomic E-state index is -2.67. The number of benzene rings is 2. The van der Waals surface area contributed by atoms with Crippen molar-refractivity contribution < 1.29 is 14.3 Å². The van der Waals surface area contributed by atoms with Crippen molar-refractivity contribution in [1.29, 1.82) is 0 Å². The van der Waals surface area contributed by atoms with Crippen LogP contribution in [0.5, 0.6) is 0 Å². The quantitative estimate of drug-likeness (QED) is 0.160. The highest BCUT2D eigenvalue weighted by molar-refractivity contribution is 6.99. The Kier molecular flexibility index (Phi) is 9.31. The molecule has 0 amide bonds. The molecule has 0 saturated heterocycles. The van der Waals surface area contributed by atoms with Crippen molar-refractivity contribution in [2.45, 2.75) is 64.0 Å². The molecule has 0 aliphatic rings. The van der Waals surface area contributed by atoms with Gasteiger partial charge in [0.15, 0.2) is 0 Å². The third-order valence-electron chi connectivity index (χ3n) is 5.55. The van der Waals surface area contributed by atoms with E-state index in [4.69, 9.17) is 15.1 Å². The van der Waals surface area contributed by atoms with E-state index in [-0.39, 0.29) is 17.5 Å². The summed E-state index contributed by atoms with van der Waals surface area (Å²) in [4.78, 5) is 13.7. The number of azide groups is 1. The fraction of sp³-hybridized carbons (Fsp3) is 0.458. The molecular formula is C24H33N3O3Si. The van der Waals surface area contributed by atoms with Crippen LogP contribution in [0.25, 0.3) is 10.4 Å². The average molecular weight is 440 g/mol. The lowest BCUT2D eigenvalue weighted by molar-refractivity contribution is -0.137. The fourth-order valence-corrected chi connectivity index (χ4v) is 8.66. The predicted molar refractivity (Wildman–Crippen MR) is 127 cm³/mol. The van der Waals surface area contributed by atoms with Gasteiger partial charge in [-0.2, -0.15) is 0 Å². The number of rotatable bonds is 12. The number of aliphatic carboxylic acids is 1. The molecule has 2 aromatic carbocycles. The highest BCUT2D eigenvalue weighted by atomic mass is 28.4. The zero-order valence-corrected chi connectivity index (χ0v) is 19.7. The van der Waals surface area contributed by atoms with Crippen LogP contribution in [-0.4, -0.2) is 32.0 Å². The number of hydrogen-bond donors (Lipinski definition) is 1. The summed E-state index contributed by atoms with van der Waals surface area (Å²) in [7, 11) is -2.67. The average Bonchev–Trinajstić information content (AvgIpc) is 2.74. The summed E-state index contributed by atoms with van der Waals surface area (Å²) in [6, 6.07) is 20.5. The molecule has 166 valence electrons. The Hall–Kier alpha value is -2.60. The van der Waals surface area contributed by atoms with Gasteiger partial charge in [-0.05, 0) is 33.8 Å². The normalized spacial score (nSPS) is 12.7. The summed E-state index contributed by atoms with van der Waals surface area (Å²) < 4.78 is 6.86. The summed E-state index contributed by atoms with van der Waals surface area (Å²) in [5.74, 6) is -0.776. The highest BCUT2D eigenvalue weighted by Crippen LogP contribution is 2.37. The topological polar surface area (TPSA) is 95.3 Å². The van der Waals surface area contributed by atoms with E-state index in [0.717, 1.165) is 12.8 Å². The molecule has 7 heteroatoms. The lowest BCUT2D eigenvalue weighted by Gasteiger charge is -2.43. The molecule has 0 saturated carbocycles. The maximum atomic E-state index is 10.7. The lowest BCUT2D eigenvalue weighted by atomic mass is 10.1. The number of nitrogens with zero attached hydrogens (tertiary/aromatic N) is 3. The Balaban J connectivity index is 2.28. The van der Waals surface area contributed by atoms with Gasteiger partial charge in [-0.3, -0.25) is 4.79 Å². The van der Waals surface area contributed by atoms with Crippen LogP contribution in [0.2, 0.25) is 5.04 Å². The van der Waals surface area contributed by atoms with Crippen molar-refractivity contribution in [1.82, 2.24) is 0 Å². The molecule has 0 radical (unpaired) electrons. The van der Waals surface area contributed by atoms with Gasteiger partial charge in [0.2, 0.25) is 0 Å². The lowest BCUT2D eigenvalue weighted by Crippen LogP contribution is -2.67. The van der Waals surface area contributed by atoms with E-state index in [1.54, 1.807) is 0 Å². The van der Waals surface area contributed by atoms with Gasteiger partial charge in [0.1, 0.15) is 0 Å². The fourth-order valence-electron chi connectivity index (χ4n) is 4.06. The molecule has 0 aromatic heterocycles. The predicted octanol–water partition coefficient (Wildman–Crippen LogP) is 5.28. The second kappa shape index (κ2) is 11.7. The van der Waals surface area contributed by atoms with Crippen LogP contribution < -0.4 is 10.4 Å². The molecule has 0 spiro atoms. The molecule has 0 aliphatic heterocycles. The Morgan fingerprint density at radius 1 is 1.03 bits per heavy atom. The first-order chi connectivity index (χ1) is 14.8. The SMILES string of the molecule is CC(C)(C)[Si](OC[C@H](CCCCCC(=O)O)N=[N+]=[N-])(c1ccccc1)c1ccccc1. The van der Waals surface area contributed by atoms with Crippen LogP contribution in [0.1, 0.15) is 52.9 Å². The number of carboxylic acids is 1. The summed E-state index contributed by atoms with van der Waals surface area (Å²) in [6.07, 6.45) is 3.09. The van der Waals surface area contributed by atoms with Gasteiger partial charge < -0.3 is 9.53 Å². The Bertz CT molecular complexity index is 823. The van der Waals surface area contributed by atoms with E-state index < -0.39 is 14.3 Å². The summed E-state index contributed by atoms with van der Waals surface area (Å²) in [6.45, 7) is 6.99. The molecule has 1 N–H and O–H groups in total. The molecule has 0 unspecified atom stereocenters. The number of carbonyl (C=O) groups is 1. The molecule has 0 heterocycles. The minimum Gasteiger partial charge on any atom is -0.481 e.